The first-order valence-corrected chi connectivity index (χ1v) is 10.0. The van der Waals surface area contributed by atoms with Gasteiger partial charge in [0, 0.05) is 25.7 Å². The van der Waals surface area contributed by atoms with Gasteiger partial charge in [-0.15, -0.1) is 24.0 Å². The van der Waals surface area contributed by atoms with E-state index in [1.54, 1.807) is 7.05 Å². The highest BCUT2D eigenvalue weighted by atomic mass is 127. The number of nitrogens with zero attached hydrogens (tertiary/aromatic N) is 2. The van der Waals surface area contributed by atoms with Crippen LogP contribution in [0.15, 0.2) is 53.5 Å². The van der Waals surface area contributed by atoms with Crippen molar-refractivity contribution in [3.05, 3.63) is 59.7 Å². The van der Waals surface area contributed by atoms with Gasteiger partial charge in [-0.2, -0.15) is 0 Å². The quantitative estimate of drug-likeness (QED) is 0.281. The van der Waals surface area contributed by atoms with Gasteiger partial charge in [-0.05, 0) is 51.7 Å². The average Bonchev–Trinajstić information content (AvgIpc) is 2.69. The van der Waals surface area contributed by atoms with Crippen LogP contribution in [-0.2, 0) is 6.54 Å². The number of halogens is 1. The van der Waals surface area contributed by atoms with Crippen molar-refractivity contribution in [3.8, 4) is 11.5 Å². The number of benzene rings is 2. The van der Waals surface area contributed by atoms with Gasteiger partial charge in [-0.3, -0.25) is 4.99 Å². The van der Waals surface area contributed by atoms with Gasteiger partial charge in [-0.1, -0.05) is 30.3 Å². The van der Waals surface area contributed by atoms with Crippen LogP contribution in [0.25, 0.3) is 0 Å². The molecule has 0 spiro atoms. The van der Waals surface area contributed by atoms with Crippen LogP contribution in [0.4, 0.5) is 0 Å². The second-order valence-electron chi connectivity index (χ2n) is 7.31. The topological polar surface area (TPSA) is 58.1 Å². The predicted octanol–water partition coefficient (Wildman–Crippen LogP) is 3.69. The summed E-state index contributed by atoms with van der Waals surface area (Å²) in [4.78, 5) is 6.41. The lowest BCUT2D eigenvalue weighted by molar-refractivity contribution is 0.223. The number of aliphatic imine (C=N–C) groups is 1. The Morgan fingerprint density at radius 1 is 1.10 bits per heavy atom. The SMILES string of the molecule is CN=C(NCc1ccccc1OCCN(C)C)NCC(C)Oc1cccc(C)c1.I. The zero-order valence-electron chi connectivity index (χ0n) is 18.6. The minimum Gasteiger partial charge on any atom is -0.492 e. The van der Waals surface area contributed by atoms with E-state index in [0.29, 0.717) is 19.7 Å². The molecule has 166 valence electrons. The summed E-state index contributed by atoms with van der Waals surface area (Å²) in [5, 5.41) is 6.66. The number of nitrogens with one attached hydrogen (secondary N) is 2. The number of hydrogen-bond acceptors (Lipinski definition) is 4. The molecule has 30 heavy (non-hydrogen) atoms. The molecule has 0 saturated heterocycles. The molecule has 0 aliphatic heterocycles. The minimum atomic E-state index is 0. The van der Waals surface area contributed by atoms with E-state index in [-0.39, 0.29) is 30.1 Å². The van der Waals surface area contributed by atoms with Crippen LogP contribution < -0.4 is 20.1 Å². The molecular formula is C23H35IN4O2. The molecule has 7 heteroatoms. The van der Waals surface area contributed by atoms with Crippen LogP contribution in [0.5, 0.6) is 11.5 Å². The van der Waals surface area contributed by atoms with E-state index in [9.17, 15) is 0 Å². The Bertz CT molecular complexity index is 783. The zero-order valence-corrected chi connectivity index (χ0v) is 21.0. The van der Waals surface area contributed by atoms with Crippen LogP contribution in [-0.4, -0.2) is 57.8 Å². The zero-order chi connectivity index (χ0) is 21.1. The molecule has 2 rings (SSSR count). The molecule has 0 saturated carbocycles. The number of guanidine groups is 1. The smallest absolute Gasteiger partial charge is 0.191 e. The first-order chi connectivity index (χ1) is 14.0. The Morgan fingerprint density at radius 3 is 2.57 bits per heavy atom. The predicted molar refractivity (Wildman–Crippen MR) is 135 cm³/mol. The standard InChI is InChI=1S/C23H34N4O2.HI/c1-18-9-8-11-21(15-18)29-19(2)16-25-23(24-3)26-17-20-10-6-7-12-22(20)28-14-13-27(4)5;/h6-12,15,19H,13-14,16-17H2,1-5H3,(H2,24,25,26);1H. The van der Waals surface area contributed by atoms with Crippen molar-refractivity contribution in [3.63, 3.8) is 0 Å². The minimum absolute atomic E-state index is 0. The lowest BCUT2D eigenvalue weighted by Gasteiger charge is -2.19. The summed E-state index contributed by atoms with van der Waals surface area (Å²) in [6.07, 6.45) is 0.0111. The highest BCUT2D eigenvalue weighted by Gasteiger charge is 2.08. The molecule has 0 amide bonds. The van der Waals surface area contributed by atoms with E-state index in [2.05, 4.69) is 39.6 Å². The first-order valence-electron chi connectivity index (χ1n) is 10.0. The van der Waals surface area contributed by atoms with Crippen LogP contribution >= 0.6 is 24.0 Å². The molecule has 1 atom stereocenters. The summed E-state index contributed by atoms with van der Waals surface area (Å²) >= 11 is 0. The van der Waals surface area contributed by atoms with Crippen LogP contribution in [0.3, 0.4) is 0 Å². The molecule has 6 nitrogen and oxygen atoms in total. The van der Waals surface area contributed by atoms with Crippen LogP contribution in [0, 0.1) is 6.92 Å². The van der Waals surface area contributed by atoms with Crippen molar-refractivity contribution in [2.45, 2.75) is 26.5 Å². The van der Waals surface area contributed by atoms with Crippen molar-refractivity contribution in [2.24, 2.45) is 4.99 Å². The number of likely N-dealkylation sites (N-methyl/N-ethyl adjacent to an activating group) is 1. The first kappa shape index (κ1) is 26.0. The average molecular weight is 526 g/mol. The van der Waals surface area contributed by atoms with Gasteiger partial charge >= 0.3 is 0 Å². The van der Waals surface area contributed by atoms with Crippen molar-refractivity contribution < 1.29 is 9.47 Å². The Balaban J connectivity index is 0.00000450. The molecule has 2 aromatic rings. The molecule has 0 aliphatic carbocycles. The fourth-order valence-electron chi connectivity index (χ4n) is 2.73. The summed E-state index contributed by atoms with van der Waals surface area (Å²) in [5.41, 5.74) is 2.28. The van der Waals surface area contributed by atoms with E-state index >= 15 is 0 Å². The summed E-state index contributed by atoms with van der Waals surface area (Å²) in [6.45, 7) is 6.91. The van der Waals surface area contributed by atoms with E-state index < -0.39 is 0 Å². The molecular weight excluding hydrogens is 491 g/mol. The van der Waals surface area contributed by atoms with Crippen molar-refractivity contribution in [1.82, 2.24) is 15.5 Å². The van der Waals surface area contributed by atoms with Crippen molar-refractivity contribution >= 4 is 29.9 Å². The Kier molecular flexibility index (Phi) is 12.2. The Labute approximate surface area is 198 Å². The van der Waals surface area contributed by atoms with E-state index in [4.69, 9.17) is 9.47 Å². The lowest BCUT2D eigenvalue weighted by atomic mass is 10.2. The molecule has 2 aromatic carbocycles. The molecule has 0 aliphatic rings. The fraction of sp³-hybridized carbons (Fsp3) is 0.435. The fourth-order valence-corrected chi connectivity index (χ4v) is 2.73. The van der Waals surface area contributed by atoms with Gasteiger partial charge in [0.1, 0.15) is 24.2 Å². The molecule has 1 unspecified atom stereocenters. The maximum Gasteiger partial charge on any atom is 0.191 e. The second kappa shape index (κ2) is 14.1. The normalized spacial score (nSPS) is 12.1. The molecule has 2 N–H and O–H groups in total. The number of aryl methyl sites for hydroxylation is 1. The second-order valence-corrected chi connectivity index (χ2v) is 7.31. The van der Waals surface area contributed by atoms with Gasteiger partial charge in [0.05, 0.1) is 6.54 Å². The Morgan fingerprint density at radius 2 is 1.87 bits per heavy atom. The van der Waals surface area contributed by atoms with Crippen LogP contribution in [0.1, 0.15) is 18.1 Å². The molecule has 0 heterocycles. The lowest BCUT2D eigenvalue weighted by Crippen LogP contribution is -2.41. The highest BCUT2D eigenvalue weighted by Crippen LogP contribution is 2.17. The highest BCUT2D eigenvalue weighted by molar-refractivity contribution is 14.0. The summed E-state index contributed by atoms with van der Waals surface area (Å²) in [5.74, 6) is 2.51. The third-order valence-electron chi connectivity index (χ3n) is 4.32. The molecule has 0 radical (unpaired) electrons. The largest absolute Gasteiger partial charge is 0.492 e. The number of para-hydroxylation sites is 1. The third kappa shape index (κ3) is 9.67. The maximum absolute atomic E-state index is 5.97. The molecule has 0 fully saturated rings. The van der Waals surface area contributed by atoms with Crippen molar-refractivity contribution in [1.29, 1.82) is 0 Å². The van der Waals surface area contributed by atoms with Gasteiger partial charge in [0.15, 0.2) is 5.96 Å². The summed E-state index contributed by atoms with van der Waals surface area (Å²) < 4.78 is 11.9. The number of hydrogen-bond donors (Lipinski definition) is 2. The summed E-state index contributed by atoms with van der Waals surface area (Å²) in [6, 6.07) is 16.2. The number of ether oxygens (including phenoxy) is 2. The molecule has 0 aromatic heterocycles. The monoisotopic (exact) mass is 526 g/mol. The van der Waals surface area contributed by atoms with Gasteiger partial charge in [0.25, 0.3) is 0 Å². The number of rotatable bonds is 10. The van der Waals surface area contributed by atoms with Gasteiger partial charge < -0.3 is 25.0 Å². The van der Waals surface area contributed by atoms with E-state index in [1.165, 1.54) is 5.56 Å². The Hall–Kier alpha value is -2.00. The van der Waals surface area contributed by atoms with Crippen LogP contribution in [0.2, 0.25) is 0 Å². The maximum atomic E-state index is 5.97. The van der Waals surface area contributed by atoms with Crippen molar-refractivity contribution in [2.75, 3.05) is 40.8 Å². The van der Waals surface area contributed by atoms with E-state index in [1.807, 2.05) is 57.4 Å². The molecule has 0 bridgehead atoms. The van der Waals surface area contributed by atoms with Gasteiger partial charge in [0.2, 0.25) is 0 Å². The van der Waals surface area contributed by atoms with E-state index in [0.717, 1.165) is 29.6 Å². The van der Waals surface area contributed by atoms with Gasteiger partial charge in [-0.25, -0.2) is 0 Å². The third-order valence-corrected chi connectivity index (χ3v) is 4.32. The summed E-state index contributed by atoms with van der Waals surface area (Å²) in [7, 11) is 5.84.